The smallest absolute Gasteiger partial charge is 0.0240 e. The highest BCUT2D eigenvalue weighted by Crippen LogP contribution is 2.21. The van der Waals surface area contributed by atoms with E-state index >= 15 is 0 Å². The predicted octanol–water partition coefficient (Wildman–Crippen LogP) is 2.82. The summed E-state index contributed by atoms with van der Waals surface area (Å²) in [6, 6.07) is 10.1. The zero-order valence-corrected chi connectivity index (χ0v) is 11.9. The molecule has 1 aliphatic rings. The number of nitrogens with one attached hydrogen (secondary N) is 1. The van der Waals surface area contributed by atoms with Crippen molar-refractivity contribution < 1.29 is 0 Å². The molecular weight excluding hydrogens is 220 g/mol. The standard InChI is InChI=1S/C16H26N2/c1-4-16(11-17-13(2)3)18-10-9-14-7-5-6-8-15(14)12-18/h5-8,13,16-17H,4,9-12H2,1-3H3. The fourth-order valence-corrected chi connectivity index (χ4v) is 2.73. The van der Waals surface area contributed by atoms with Gasteiger partial charge in [-0.15, -0.1) is 0 Å². The van der Waals surface area contributed by atoms with Crippen molar-refractivity contribution in [2.75, 3.05) is 13.1 Å². The summed E-state index contributed by atoms with van der Waals surface area (Å²) >= 11 is 0. The first-order chi connectivity index (χ1) is 8.70. The van der Waals surface area contributed by atoms with E-state index in [1.54, 1.807) is 5.56 Å². The van der Waals surface area contributed by atoms with Crippen molar-refractivity contribution in [3.05, 3.63) is 35.4 Å². The van der Waals surface area contributed by atoms with Crippen molar-refractivity contribution in [3.63, 3.8) is 0 Å². The molecule has 0 amide bonds. The molecule has 1 aromatic rings. The lowest BCUT2D eigenvalue weighted by molar-refractivity contribution is 0.167. The van der Waals surface area contributed by atoms with Crippen LogP contribution in [-0.4, -0.2) is 30.1 Å². The maximum Gasteiger partial charge on any atom is 0.0240 e. The molecule has 2 heteroatoms. The summed E-state index contributed by atoms with van der Waals surface area (Å²) in [4.78, 5) is 2.64. The molecule has 1 heterocycles. The second-order valence-electron chi connectivity index (χ2n) is 5.61. The van der Waals surface area contributed by atoms with E-state index in [2.05, 4.69) is 55.3 Å². The molecule has 1 unspecified atom stereocenters. The molecule has 100 valence electrons. The van der Waals surface area contributed by atoms with Crippen molar-refractivity contribution >= 4 is 0 Å². The summed E-state index contributed by atoms with van der Waals surface area (Å²) in [5.41, 5.74) is 3.06. The Morgan fingerprint density at radius 1 is 1.22 bits per heavy atom. The molecule has 1 N–H and O–H groups in total. The molecule has 2 rings (SSSR count). The van der Waals surface area contributed by atoms with Gasteiger partial charge >= 0.3 is 0 Å². The summed E-state index contributed by atoms with van der Waals surface area (Å²) in [6.07, 6.45) is 2.43. The van der Waals surface area contributed by atoms with Gasteiger partial charge in [0.25, 0.3) is 0 Å². The molecule has 2 nitrogen and oxygen atoms in total. The molecule has 0 radical (unpaired) electrons. The molecule has 18 heavy (non-hydrogen) atoms. The Balaban J connectivity index is 1.98. The second kappa shape index (κ2) is 6.35. The normalized spacial score (nSPS) is 17.8. The van der Waals surface area contributed by atoms with Crippen LogP contribution in [0.3, 0.4) is 0 Å². The lowest BCUT2D eigenvalue weighted by Gasteiger charge is -2.35. The van der Waals surface area contributed by atoms with Crippen molar-refractivity contribution in [2.24, 2.45) is 0 Å². The molecule has 0 aliphatic carbocycles. The average Bonchev–Trinajstić information content (AvgIpc) is 2.39. The van der Waals surface area contributed by atoms with Crippen molar-refractivity contribution in [1.82, 2.24) is 10.2 Å². The zero-order chi connectivity index (χ0) is 13.0. The summed E-state index contributed by atoms with van der Waals surface area (Å²) in [6.45, 7) is 10.2. The number of benzene rings is 1. The van der Waals surface area contributed by atoms with E-state index in [9.17, 15) is 0 Å². The van der Waals surface area contributed by atoms with Gasteiger partial charge in [-0.3, -0.25) is 4.90 Å². The van der Waals surface area contributed by atoms with Crippen LogP contribution in [-0.2, 0) is 13.0 Å². The third kappa shape index (κ3) is 3.33. The minimum atomic E-state index is 0.580. The highest BCUT2D eigenvalue weighted by Gasteiger charge is 2.21. The number of hydrogen-bond donors (Lipinski definition) is 1. The largest absolute Gasteiger partial charge is 0.313 e. The van der Waals surface area contributed by atoms with Crippen LogP contribution in [0.5, 0.6) is 0 Å². The lowest BCUT2D eigenvalue weighted by atomic mass is 9.98. The van der Waals surface area contributed by atoms with Gasteiger partial charge in [0.1, 0.15) is 0 Å². The van der Waals surface area contributed by atoms with Gasteiger partial charge in [-0.2, -0.15) is 0 Å². The second-order valence-corrected chi connectivity index (χ2v) is 5.61. The Bertz CT molecular complexity index is 373. The molecule has 0 spiro atoms. The lowest BCUT2D eigenvalue weighted by Crippen LogP contribution is -2.45. The molecular formula is C16H26N2. The van der Waals surface area contributed by atoms with Gasteiger partial charge < -0.3 is 5.32 Å². The SMILES string of the molecule is CCC(CNC(C)C)N1CCc2ccccc2C1. The van der Waals surface area contributed by atoms with E-state index in [1.165, 1.54) is 24.9 Å². The maximum absolute atomic E-state index is 3.58. The number of fused-ring (bicyclic) bond motifs is 1. The Labute approximate surface area is 111 Å². The van der Waals surface area contributed by atoms with Crippen LogP contribution >= 0.6 is 0 Å². The minimum absolute atomic E-state index is 0.580. The van der Waals surface area contributed by atoms with E-state index in [1.807, 2.05) is 0 Å². The minimum Gasteiger partial charge on any atom is -0.313 e. The summed E-state index contributed by atoms with van der Waals surface area (Å²) < 4.78 is 0. The van der Waals surface area contributed by atoms with E-state index in [-0.39, 0.29) is 0 Å². The van der Waals surface area contributed by atoms with Crippen molar-refractivity contribution in [1.29, 1.82) is 0 Å². The molecule has 1 aliphatic heterocycles. The summed E-state index contributed by atoms with van der Waals surface area (Å²) in [5, 5.41) is 3.58. The fourth-order valence-electron chi connectivity index (χ4n) is 2.73. The molecule has 0 aromatic heterocycles. The summed E-state index contributed by atoms with van der Waals surface area (Å²) in [5.74, 6) is 0. The van der Waals surface area contributed by atoms with Gasteiger partial charge in [0, 0.05) is 31.7 Å². The van der Waals surface area contributed by atoms with E-state index in [0.717, 1.165) is 13.1 Å². The predicted molar refractivity (Wildman–Crippen MR) is 77.8 cm³/mol. The topological polar surface area (TPSA) is 15.3 Å². The number of nitrogens with zero attached hydrogens (tertiary/aromatic N) is 1. The highest BCUT2D eigenvalue weighted by atomic mass is 15.2. The zero-order valence-electron chi connectivity index (χ0n) is 11.9. The number of hydrogen-bond acceptors (Lipinski definition) is 2. The molecule has 0 fully saturated rings. The first-order valence-electron chi connectivity index (χ1n) is 7.25. The van der Waals surface area contributed by atoms with Gasteiger partial charge in [0.2, 0.25) is 0 Å². The van der Waals surface area contributed by atoms with Crippen LogP contribution in [0.2, 0.25) is 0 Å². The van der Waals surface area contributed by atoms with Gasteiger partial charge in [-0.25, -0.2) is 0 Å². The Hall–Kier alpha value is -0.860. The first-order valence-corrected chi connectivity index (χ1v) is 7.25. The number of rotatable bonds is 5. The fraction of sp³-hybridized carbons (Fsp3) is 0.625. The van der Waals surface area contributed by atoms with Gasteiger partial charge in [-0.05, 0) is 24.0 Å². The van der Waals surface area contributed by atoms with Crippen LogP contribution < -0.4 is 5.32 Å². The molecule has 0 saturated carbocycles. The highest BCUT2D eigenvalue weighted by molar-refractivity contribution is 5.29. The van der Waals surface area contributed by atoms with Gasteiger partial charge in [-0.1, -0.05) is 45.0 Å². The third-order valence-electron chi connectivity index (χ3n) is 3.91. The Morgan fingerprint density at radius 2 is 1.94 bits per heavy atom. The van der Waals surface area contributed by atoms with Crippen LogP contribution in [0.4, 0.5) is 0 Å². The Kier molecular flexibility index (Phi) is 4.79. The van der Waals surface area contributed by atoms with Crippen LogP contribution in [0.1, 0.15) is 38.3 Å². The van der Waals surface area contributed by atoms with E-state index < -0.39 is 0 Å². The van der Waals surface area contributed by atoms with Gasteiger partial charge in [0.05, 0.1) is 0 Å². The maximum atomic E-state index is 3.58. The summed E-state index contributed by atoms with van der Waals surface area (Å²) in [7, 11) is 0. The van der Waals surface area contributed by atoms with E-state index in [0.29, 0.717) is 12.1 Å². The average molecular weight is 246 g/mol. The van der Waals surface area contributed by atoms with Crippen LogP contribution in [0.15, 0.2) is 24.3 Å². The van der Waals surface area contributed by atoms with Crippen LogP contribution in [0, 0.1) is 0 Å². The monoisotopic (exact) mass is 246 g/mol. The van der Waals surface area contributed by atoms with Crippen molar-refractivity contribution in [2.45, 2.75) is 52.2 Å². The van der Waals surface area contributed by atoms with E-state index in [4.69, 9.17) is 0 Å². The molecule has 1 aromatic carbocycles. The Morgan fingerprint density at radius 3 is 2.61 bits per heavy atom. The molecule has 0 saturated heterocycles. The van der Waals surface area contributed by atoms with Gasteiger partial charge in [0.15, 0.2) is 0 Å². The molecule has 1 atom stereocenters. The van der Waals surface area contributed by atoms with Crippen molar-refractivity contribution in [3.8, 4) is 0 Å². The first kappa shape index (κ1) is 13.6. The van der Waals surface area contributed by atoms with Crippen LogP contribution in [0.25, 0.3) is 0 Å². The quantitative estimate of drug-likeness (QED) is 0.859. The molecule has 0 bridgehead atoms. The third-order valence-corrected chi connectivity index (χ3v) is 3.91.